The Kier molecular flexibility index (Phi) is 5.80. The summed E-state index contributed by atoms with van der Waals surface area (Å²) >= 11 is 0. The first kappa shape index (κ1) is 18.0. The molecule has 134 valence electrons. The maximum atomic E-state index is 10.2. The van der Waals surface area contributed by atoms with Crippen LogP contribution in [0.3, 0.4) is 0 Å². The van der Waals surface area contributed by atoms with E-state index in [9.17, 15) is 20.4 Å². The molecule has 5 atom stereocenters. The molecule has 0 radical (unpaired) electrons. The van der Waals surface area contributed by atoms with Gasteiger partial charge in [-0.25, -0.2) is 0 Å². The van der Waals surface area contributed by atoms with Crippen molar-refractivity contribution < 1.29 is 29.9 Å². The Bertz CT molecular complexity index is 608. The fraction of sp³-hybridized carbons (Fsp3) is 0.368. The number of aliphatic hydroxyl groups is 4. The summed E-state index contributed by atoms with van der Waals surface area (Å²) in [6.45, 7) is -0.494. The zero-order valence-electron chi connectivity index (χ0n) is 13.6. The Morgan fingerprint density at radius 2 is 1.32 bits per heavy atom. The smallest absolute Gasteiger partial charge is 0.187 e. The van der Waals surface area contributed by atoms with Gasteiger partial charge in [-0.2, -0.15) is 0 Å². The molecule has 2 aromatic rings. The number of hydrogen-bond acceptors (Lipinski definition) is 6. The highest BCUT2D eigenvalue weighted by Gasteiger charge is 2.45. The second kappa shape index (κ2) is 8.05. The summed E-state index contributed by atoms with van der Waals surface area (Å²) in [5.41, 5.74) is 1.70. The number of ether oxygens (including phenoxy) is 2. The third-order valence-electron chi connectivity index (χ3n) is 4.32. The average molecular weight is 346 g/mol. The van der Waals surface area contributed by atoms with E-state index in [-0.39, 0.29) is 0 Å². The molecular formula is C19H22O6. The Morgan fingerprint density at radius 1 is 0.800 bits per heavy atom. The van der Waals surface area contributed by atoms with Crippen molar-refractivity contribution in [3.63, 3.8) is 0 Å². The summed E-state index contributed by atoms with van der Waals surface area (Å²) in [6, 6.07) is 18.8. The number of benzene rings is 2. The monoisotopic (exact) mass is 346 g/mol. The van der Waals surface area contributed by atoms with E-state index in [1.165, 1.54) is 0 Å². The zero-order valence-corrected chi connectivity index (χ0v) is 13.6. The van der Waals surface area contributed by atoms with E-state index in [4.69, 9.17) is 9.47 Å². The lowest BCUT2D eigenvalue weighted by molar-refractivity contribution is -0.309. The summed E-state index contributed by atoms with van der Waals surface area (Å²) in [6.07, 6.45) is -7.05. The van der Waals surface area contributed by atoms with Gasteiger partial charge in [-0.15, -0.1) is 0 Å². The Balaban J connectivity index is 1.87. The van der Waals surface area contributed by atoms with Crippen molar-refractivity contribution in [2.75, 3.05) is 6.61 Å². The van der Waals surface area contributed by atoms with Crippen LogP contribution in [0.1, 0.15) is 17.2 Å². The second-order valence-electron chi connectivity index (χ2n) is 6.03. The molecule has 1 saturated heterocycles. The fourth-order valence-electron chi connectivity index (χ4n) is 2.92. The highest BCUT2D eigenvalue weighted by molar-refractivity contribution is 5.30. The van der Waals surface area contributed by atoms with Crippen molar-refractivity contribution >= 4 is 0 Å². The first-order valence-corrected chi connectivity index (χ1v) is 8.17. The molecule has 3 rings (SSSR count). The maximum absolute atomic E-state index is 10.2. The van der Waals surface area contributed by atoms with E-state index in [0.717, 1.165) is 11.1 Å². The lowest BCUT2D eigenvalue weighted by Gasteiger charge is -2.41. The van der Waals surface area contributed by atoms with Crippen LogP contribution < -0.4 is 0 Å². The van der Waals surface area contributed by atoms with Crippen molar-refractivity contribution in [3.8, 4) is 0 Å². The van der Waals surface area contributed by atoms with Crippen molar-refractivity contribution in [1.82, 2.24) is 0 Å². The van der Waals surface area contributed by atoms with Gasteiger partial charge in [0.1, 0.15) is 30.5 Å². The lowest BCUT2D eigenvalue weighted by Crippen LogP contribution is -2.59. The third kappa shape index (κ3) is 3.90. The van der Waals surface area contributed by atoms with Gasteiger partial charge in [0.05, 0.1) is 6.61 Å². The van der Waals surface area contributed by atoms with Crippen molar-refractivity contribution in [3.05, 3.63) is 71.8 Å². The van der Waals surface area contributed by atoms with E-state index in [1.54, 1.807) is 0 Å². The highest BCUT2D eigenvalue weighted by atomic mass is 16.7. The molecule has 1 fully saturated rings. The van der Waals surface area contributed by atoms with Gasteiger partial charge < -0.3 is 29.9 Å². The fourth-order valence-corrected chi connectivity index (χ4v) is 2.92. The van der Waals surface area contributed by atoms with Crippen LogP contribution in [0.15, 0.2) is 60.7 Å². The van der Waals surface area contributed by atoms with E-state index >= 15 is 0 Å². The molecule has 25 heavy (non-hydrogen) atoms. The van der Waals surface area contributed by atoms with Crippen LogP contribution in [0, 0.1) is 0 Å². The molecule has 0 bridgehead atoms. The molecule has 0 aromatic heterocycles. The second-order valence-corrected chi connectivity index (χ2v) is 6.03. The van der Waals surface area contributed by atoms with Crippen LogP contribution in [0.25, 0.3) is 0 Å². The number of hydrogen-bond donors (Lipinski definition) is 4. The Hall–Kier alpha value is -1.80. The molecular weight excluding hydrogens is 324 g/mol. The van der Waals surface area contributed by atoms with E-state index < -0.39 is 43.4 Å². The SMILES string of the molecule is OCC1OC(OC(c2ccccc2)c2ccccc2)C(O)C(O)C1O. The third-order valence-corrected chi connectivity index (χ3v) is 4.32. The number of rotatable bonds is 5. The van der Waals surface area contributed by atoms with Crippen LogP contribution in [0.4, 0.5) is 0 Å². The molecule has 0 aliphatic carbocycles. The Labute approximate surface area is 145 Å². The van der Waals surface area contributed by atoms with E-state index in [0.29, 0.717) is 0 Å². The van der Waals surface area contributed by atoms with Gasteiger partial charge in [0.2, 0.25) is 0 Å². The standard InChI is InChI=1S/C19H22O6/c20-11-14-15(21)16(22)17(23)19(24-14)25-18(12-7-3-1-4-8-12)13-9-5-2-6-10-13/h1-10,14-23H,11H2. The highest BCUT2D eigenvalue weighted by Crippen LogP contribution is 2.31. The van der Waals surface area contributed by atoms with Gasteiger partial charge in [-0.3, -0.25) is 0 Å². The summed E-state index contributed by atoms with van der Waals surface area (Å²) in [5.74, 6) is 0. The van der Waals surface area contributed by atoms with Crippen LogP contribution >= 0.6 is 0 Å². The topological polar surface area (TPSA) is 99.4 Å². The lowest BCUT2D eigenvalue weighted by atomic mass is 9.98. The van der Waals surface area contributed by atoms with Crippen molar-refractivity contribution in [2.45, 2.75) is 36.8 Å². The molecule has 0 amide bonds. The summed E-state index contributed by atoms with van der Waals surface area (Å²) in [7, 11) is 0. The largest absolute Gasteiger partial charge is 0.394 e. The predicted octanol–water partition coefficient (Wildman–Crippen LogP) is 0.592. The van der Waals surface area contributed by atoms with Crippen LogP contribution in [0.2, 0.25) is 0 Å². The molecule has 4 N–H and O–H groups in total. The molecule has 2 aromatic carbocycles. The molecule has 5 unspecified atom stereocenters. The normalized spacial score (nSPS) is 29.7. The van der Waals surface area contributed by atoms with Gasteiger partial charge in [0.25, 0.3) is 0 Å². The molecule has 0 spiro atoms. The molecule has 1 aliphatic heterocycles. The molecule has 6 nitrogen and oxygen atoms in total. The molecule has 6 heteroatoms. The van der Waals surface area contributed by atoms with Gasteiger partial charge in [0.15, 0.2) is 6.29 Å². The van der Waals surface area contributed by atoms with Gasteiger partial charge in [0, 0.05) is 0 Å². The summed E-state index contributed by atoms with van der Waals surface area (Å²) < 4.78 is 11.4. The molecule has 1 aliphatic rings. The predicted molar refractivity (Wildman–Crippen MR) is 89.6 cm³/mol. The molecule has 0 saturated carbocycles. The van der Waals surface area contributed by atoms with Crippen LogP contribution in [-0.4, -0.2) is 57.7 Å². The minimum Gasteiger partial charge on any atom is -0.394 e. The van der Waals surface area contributed by atoms with E-state index in [1.807, 2.05) is 60.7 Å². The van der Waals surface area contributed by atoms with Crippen molar-refractivity contribution in [2.24, 2.45) is 0 Å². The summed E-state index contributed by atoms with van der Waals surface area (Å²) in [4.78, 5) is 0. The quantitative estimate of drug-likeness (QED) is 0.633. The minimum absolute atomic E-state index is 0.494. The maximum Gasteiger partial charge on any atom is 0.187 e. The summed E-state index contributed by atoms with van der Waals surface area (Å²) in [5, 5.41) is 39.4. The van der Waals surface area contributed by atoms with Crippen molar-refractivity contribution in [1.29, 1.82) is 0 Å². The minimum atomic E-state index is -1.47. The van der Waals surface area contributed by atoms with Gasteiger partial charge in [-0.1, -0.05) is 60.7 Å². The first-order chi connectivity index (χ1) is 12.1. The van der Waals surface area contributed by atoms with E-state index in [2.05, 4.69) is 0 Å². The van der Waals surface area contributed by atoms with Gasteiger partial charge in [-0.05, 0) is 11.1 Å². The van der Waals surface area contributed by atoms with Gasteiger partial charge >= 0.3 is 0 Å². The van der Waals surface area contributed by atoms with Crippen LogP contribution in [0.5, 0.6) is 0 Å². The first-order valence-electron chi connectivity index (χ1n) is 8.17. The number of aliphatic hydroxyl groups excluding tert-OH is 4. The molecule has 1 heterocycles. The van der Waals surface area contributed by atoms with Crippen LogP contribution in [-0.2, 0) is 9.47 Å². The Morgan fingerprint density at radius 3 is 1.80 bits per heavy atom. The average Bonchev–Trinajstić information content (AvgIpc) is 2.67. The zero-order chi connectivity index (χ0) is 17.8.